The van der Waals surface area contributed by atoms with Gasteiger partial charge in [-0.1, -0.05) is 32.9 Å². The van der Waals surface area contributed by atoms with E-state index < -0.39 is 6.04 Å². The fourth-order valence-corrected chi connectivity index (χ4v) is 2.39. The number of nitrogens with two attached hydrogens (primary N) is 1. The van der Waals surface area contributed by atoms with Crippen molar-refractivity contribution in [3.63, 3.8) is 0 Å². The van der Waals surface area contributed by atoms with Crippen LogP contribution in [0.5, 0.6) is 5.75 Å². The topological polar surface area (TPSA) is 64.4 Å². The molecule has 1 rings (SSSR count). The fraction of sp³-hybridized carbons (Fsp3) is 0.588. The highest BCUT2D eigenvalue weighted by Crippen LogP contribution is 2.25. The molecule has 1 amide bonds. The molecule has 0 spiro atoms. The second-order valence-electron chi connectivity index (χ2n) is 6.31. The zero-order valence-corrected chi connectivity index (χ0v) is 14.8. The van der Waals surface area contributed by atoms with Gasteiger partial charge in [0.2, 0.25) is 5.91 Å². The first-order valence-corrected chi connectivity index (χ1v) is 8.99. The van der Waals surface area contributed by atoms with E-state index in [1.54, 1.807) is 11.8 Å². The van der Waals surface area contributed by atoms with Crippen molar-refractivity contribution < 1.29 is 9.53 Å². The Labute approximate surface area is 138 Å². The number of carbonyl (C=O) groups excluding carboxylic acids is 1. The van der Waals surface area contributed by atoms with Gasteiger partial charge in [0.25, 0.3) is 0 Å². The van der Waals surface area contributed by atoms with Gasteiger partial charge in [-0.3, -0.25) is 4.79 Å². The number of hydrogen-bond donors (Lipinski definition) is 2. The Morgan fingerprint density at radius 2 is 2.14 bits per heavy atom. The summed E-state index contributed by atoms with van der Waals surface area (Å²) >= 11 is 1.69. The second-order valence-corrected chi connectivity index (χ2v) is 7.29. The minimum absolute atomic E-state index is 0.0949. The molecule has 3 N–H and O–H groups in total. The molecule has 0 saturated carbocycles. The third-order valence-electron chi connectivity index (χ3n) is 3.34. The quantitative estimate of drug-likeness (QED) is 0.721. The van der Waals surface area contributed by atoms with Crippen LogP contribution in [0.1, 0.15) is 32.8 Å². The molecule has 0 radical (unpaired) electrons. The van der Waals surface area contributed by atoms with Crippen molar-refractivity contribution in [2.75, 3.05) is 25.2 Å². The average Bonchev–Trinajstić information content (AvgIpc) is 2.48. The summed E-state index contributed by atoms with van der Waals surface area (Å²) in [6, 6.07) is 7.64. The van der Waals surface area contributed by atoms with Crippen molar-refractivity contribution in [1.82, 2.24) is 5.32 Å². The minimum Gasteiger partial charge on any atom is -0.492 e. The monoisotopic (exact) mass is 324 g/mol. The fourth-order valence-electron chi connectivity index (χ4n) is 1.90. The van der Waals surface area contributed by atoms with Crippen LogP contribution >= 0.6 is 11.8 Å². The summed E-state index contributed by atoms with van der Waals surface area (Å²) in [4.78, 5) is 11.7. The molecule has 22 heavy (non-hydrogen) atoms. The highest BCUT2D eigenvalue weighted by molar-refractivity contribution is 7.98. The number of hydrogen-bond acceptors (Lipinski definition) is 4. The van der Waals surface area contributed by atoms with Gasteiger partial charge in [-0.25, -0.2) is 0 Å². The first kappa shape index (κ1) is 18.8. The summed E-state index contributed by atoms with van der Waals surface area (Å²) in [5.41, 5.74) is 7.12. The van der Waals surface area contributed by atoms with Crippen LogP contribution in [0.15, 0.2) is 24.3 Å². The van der Waals surface area contributed by atoms with E-state index in [4.69, 9.17) is 10.5 Å². The van der Waals surface area contributed by atoms with Crippen LogP contribution < -0.4 is 15.8 Å². The van der Waals surface area contributed by atoms with Gasteiger partial charge >= 0.3 is 0 Å². The van der Waals surface area contributed by atoms with Crippen molar-refractivity contribution in [2.45, 2.75) is 38.6 Å². The van der Waals surface area contributed by atoms with Crippen molar-refractivity contribution in [1.29, 1.82) is 0 Å². The predicted molar refractivity (Wildman–Crippen MR) is 94.6 cm³/mol. The van der Waals surface area contributed by atoms with Crippen LogP contribution in [0, 0.1) is 0 Å². The third-order valence-corrected chi connectivity index (χ3v) is 3.98. The second kappa shape index (κ2) is 9.06. The molecule has 1 aromatic rings. The zero-order chi connectivity index (χ0) is 16.6. The molecule has 5 heteroatoms. The van der Waals surface area contributed by atoms with Crippen molar-refractivity contribution >= 4 is 17.7 Å². The largest absolute Gasteiger partial charge is 0.492 e. The van der Waals surface area contributed by atoms with E-state index in [1.165, 1.54) is 5.56 Å². The molecule has 0 aromatic heterocycles. The lowest BCUT2D eigenvalue weighted by Crippen LogP contribution is -2.42. The SMILES string of the molecule is CSCC[C@H](N)C(=O)NCCOc1cccc(C(C)(C)C)c1. The van der Waals surface area contributed by atoms with Crippen LogP contribution in [0.4, 0.5) is 0 Å². The van der Waals surface area contributed by atoms with E-state index in [1.807, 2.05) is 24.5 Å². The molecule has 0 aliphatic carbocycles. The minimum atomic E-state index is -0.434. The van der Waals surface area contributed by atoms with E-state index in [9.17, 15) is 4.79 Å². The normalized spacial score (nSPS) is 12.8. The highest BCUT2D eigenvalue weighted by Gasteiger charge is 2.14. The van der Waals surface area contributed by atoms with E-state index >= 15 is 0 Å². The molecule has 124 valence electrons. The van der Waals surface area contributed by atoms with Crippen molar-refractivity contribution in [3.8, 4) is 5.75 Å². The van der Waals surface area contributed by atoms with Gasteiger partial charge in [0.15, 0.2) is 0 Å². The molecule has 0 fully saturated rings. The molecule has 0 aliphatic heterocycles. The Hall–Kier alpha value is -1.20. The van der Waals surface area contributed by atoms with Crippen molar-refractivity contribution in [3.05, 3.63) is 29.8 Å². The number of rotatable bonds is 8. The van der Waals surface area contributed by atoms with E-state index in [2.05, 4.69) is 32.2 Å². The maximum absolute atomic E-state index is 11.7. The third kappa shape index (κ3) is 6.71. The lowest BCUT2D eigenvalue weighted by Gasteiger charge is -2.20. The number of thioether (sulfide) groups is 1. The summed E-state index contributed by atoms with van der Waals surface area (Å²) in [5.74, 6) is 1.61. The van der Waals surface area contributed by atoms with Gasteiger partial charge in [0, 0.05) is 0 Å². The summed E-state index contributed by atoms with van der Waals surface area (Å²) in [6.45, 7) is 7.41. The lowest BCUT2D eigenvalue weighted by molar-refractivity contribution is -0.122. The van der Waals surface area contributed by atoms with Gasteiger partial charge in [0.05, 0.1) is 12.6 Å². The van der Waals surface area contributed by atoms with Gasteiger partial charge in [-0.2, -0.15) is 11.8 Å². The smallest absolute Gasteiger partial charge is 0.237 e. The van der Waals surface area contributed by atoms with Crippen LogP contribution in [-0.2, 0) is 10.2 Å². The van der Waals surface area contributed by atoms with E-state index in [0.717, 1.165) is 11.5 Å². The molecular formula is C17H28N2O2S. The molecule has 0 unspecified atom stereocenters. The summed E-state index contributed by atoms with van der Waals surface area (Å²) < 4.78 is 5.69. The Morgan fingerprint density at radius 3 is 2.77 bits per heavy atom. The molecule has 1 aromatic carbocycles. The molecular weight excluding hydrogens is 296 g/mol. The van der Waals surface area contributed by atoms with E-state index in [0.29, 0.717) is 19.6 Å². The van der Waals surface area contributed by atoms with Gasteiger partial charge in [-0.05, 0) is 41.5 Å². The van der Waals surface area contributed by atoms with Gasteiger partial charge < -0.3 is 15.8 Å². The Bertz CT molecular complexity index is 472. The summed E-state index contributed by atoms with van der Waals surface area (Å²) in [7, 11) is 0. The van der Waals surface area contributed by atoms with E-state index in [-0.39, 0.29) is 11.3 Å². The Morgan fingerprint density at radius 1 is 1.41 bits per heavy atom. The number of nitrogens with one attached hydrogen (secondary N) is 1. The molecule has 4 nitrogen and oxygen atoms in total. The van der Waals surface area contributed by atoms with Crippen LogP contribution in [-0.4, -0.2) is 37.1 Å². The maximum atomic E-state index is 11.7. The van der Waals surface area contributed by atoms with Gasteiger partial charge in [-0.15, -0.1) is 0 Å². The number of carbonyl (C=O) groups is 1. The molecule has 1 atom stereocenters. The predicted octanol–water partition coefficient (Wildman–Crippen LogP) is 2.56. The first-order valence-electron chi connectivity index (χ1n) is 7.60. The Balaban J connectivity index is 2.34. The standard InChI is InChI=1S/C17H28N2O2S/c1-17(2,3)13-6-5-7-14(12-13)21-10-9-19-16(20)15(18)8-11-22-4/h5-7,12,15H,8-11,18H2,1-4H3,(H,19,20)/t15-/m0/s1. The maximum Gasteiger partial charge on any atom is 0.237 e. The zero-order valence-electron chi connectivity index (χ0n) is 14.0. The first-order chi connectivity index (χ1) is 10.3. The number of ether oxygens (including phenoxy) is 1. The average molecular weight is 324 g/mol. The molecule has 0 bridgehead atoms. The molecule has 0 heterocycles. The van der Waals surface area contributed by atoms with Gasteiger partial charge in [0.1, 0.15) is 12.4 Å². The molecule has 0 saturated heterocycles. The highest BCUT2D eigenvalue weighted by atomic mass is 32.2. The number of amides is 1. The van der Waals surface area contributed by atoms with Crippen LogP contribution in [0.3, 0.4) is 0 Å². The lowest BCUT2D eigenvalue weighted by atomic mass is 9.87. The van der Waals surface area contributed by atoms with Crippen LogP contribution in [0.2, 0.25) is 0 Å². The summed E-state index contributed by atoms with van der Waals surface area (Å²) in [5, 5.41) is 2.81. The van der Waals surface area contributed by atoms with Crippen LogP contribution in [0.25, 0.3) is 0 Å². The molecule has 0 aliphatic rings. The number of benzene rings is 1. The van der Waals surface area contributed by atoms with Crippen molar-refractivity contribution in [2.24, 2.45) is 5.73 Å². The Kier molecular flexibility index (Phi) is 7.76. The summed E-state index contributed by atoms with van der Waals surface area (Å²) in [6.07, 6.45) is 2.70.